The maximum Gasteiger partial charge on any atom is 0.142 e. The number of nitrogen functional groups attached to an aromatic ring is 1. The zero-order valence-corrected chi connectivity index (χ0v) is 9.06. The van der Waals surface area contributed by atoms with E-state index < -0.39 is 0 Å². The predicted molar refractivity (Wildman–Crippen MR) is 63.3 cm³/mol. The van der Waals surface area contributed by atoms with Crippen molar-refractivity contribution in [3.63, 3.8) is 0 Å². The maximum absolute atomic E-state index is 12.9. The number of ether oxygens (including phenoxy) is 1. The van der Waals surface area contributed by atoms with Crippen molar-refractivity contribution < 1.29 is 14.2 Å². The van der Waals surface area contributed by atoms with Gasteiger partial charge in [-0.15, -0.1) is 0 Å². The number of rotatable bonds is 3. The Morgan fingerprint density at radius 1 is 1.18 bits per heavy atom. The highest BCUT2D eigenvalue weighted by Gasteiger charge is 2.02. The van der Waals surface area contributed by atoms with Crippen molar-refractivity contribution in [3.05, 3.63) is 53.8 Å². The van der Waals surface area contributed by atoms with E-state index in [0.717, 1.165) is 5.56 Å². The van der Waals surface area contributed by atoms with Crippen molar-refractivity contribution in [1.29, 1.82) is 0 Å². The highest BCUT2D eigenvalue weighted by Crippen LogP contribution is 2.26. The van der Waals surface area contributed by atoms with E-state index in [1.54, 1.807) is 18.2 Å². The molecule has 0 aliphatic rings. The van der Waals surface area contributed by atoms with Crippen LogP contribution in [0.5, 0.6) is 11.5 Å². The Morgan fingerprint density at radius 2 is 2.00 bits per heavy atom. The number of phenolic OH excluding ortho intramolecular Hbond substituents is 1. The van der Waals surface area contributed by atoms with Crippen LogP contribution < -0.4 is 10.5 Å². The predicted octanol–water partition coefficient (Wildman–Crippen LogP) is 2.69. The van der Waals surface area contributed by atoms with Crippen LogP contribution in [0.1, 0.15) is 5.56 Å². The average Bonchev–Trinajstić information content (AvgIpc) is 2.28. The Bertz CT molecular complexity index is 529. The van der Waals surface area contributed by atoms with Crippen LogP contribution in [0, 0.1) is 5.82 Å². The van der Waals surface area contributed by atoms with Crippen LogP contribution in [0.4, 0.5) is 10.1 Å². The van der Waals surface area contributed by atoms with Crippen LogP contribution in [0.3, 0.4) is 0 Å². The van der Waals surface area contributed by atoms with Crippen molar-refractivity contribution in [2.24, 2.45) is 0 Å². The number of hydrogen-bond donors (Lipinski definition) is 2. The molecule has 0 saturated carbocycles. The lowest BCUT2D eigenvalue weighted by Crippen LogP contribution is -1.98. The van der Waals surface area contributed by atoms with Gasteiger partial charge in [-0.1, -0.05) is 12.1 Å². The van der Waals surface area contributed by atoms with E-state index in [2.05, 4.69) is 0 Å². The minimum Gasteiger partial charge on any atom is -0.508 e. The summed E-state index contributed by atoms with van der Waals surface area (Å²) in [7, 11) is 0. The van der Waals surface area contributed by atoms with E-state index in [-0.39, 0.29) is 18.2 Å². The third-order valence-electron chi connectivity index (χ3n) is 2.28. The van der Waals surface area contributed by atoms with Gasteiger partial charge in [0.15, 0.2) is 0 Å². The van der Waals surface area contributed by atoms with E-state index >= 15 is 0 Å². The fourth-order valence-electron chi connectivity index (χ4n) is 1.46. The van der Waals surface area contributed by atoms with Gasteiger partial charge < -0.3 is 15.6 Å². The minimum absolute atomic E-state index is 0.0839. The standard InChI is InChI=1S/C13H12FNO2/c14-10-3-1-2-9(6-10)8-17-13-5-4-11(16)7-12(13)15/h1-7,16H,8,15H2. The van der Waals surface area contributed by atoms with Crippen molar-refractivity contribution in [2.45, 2.75) is 6.61 Å². The van der Waals surface area contributed by atoms with Gasteiger partial charge >= 0.3 is 0 Å². The zero-order chi connectivity index (χ0) is 12.3. The number of anilines is 1. The highest BCUT2D eigenvalue weighted by atomic mass is 19.1. The van der Waals surface area contributed by atoms with Gasteiger partial charge in [-0.2, -0.15) is 0 Å². The van der Waals surface area contributed by atoms with Gasteiger partial charge in [0.25, 0.3) is 0 Å². The summed E-state index contributed by atoms with van der Waals surface area (Å²) < 4.78 is 18.3. The summed E-state index contributed by atoms with van der Waals surface area (Å²) in [5.74, 6) is 0.248. The van der Waals surface area contributed by atoms with E-state index in [0.29, 0.717) is 11.4 Å². The molecule has 0 bridgehead atoms. The van der Waals surface area contributed by atoms with Crippen LogP contribution in [0.2, 0.25) is 0 Å². The smallest absolute Gasteiger partial charge is 0.142 e. The molecule has 88 valence electrons. The van der Waals surface area contributed by atoms with E-state index in [9.17, 15) is 9.50 Å². The van der Waals surface area contributed by atoms with Crippen LogP contribution in [0.15, 0.2) is 42.5 Å². The molecule has 0 radical (unpaired) electrons. The first-order chi connectivity index (χ1) is 8.15. The quantitative estimate of drug-likeness (QED) is 0.801. The van der Waals surface area contributed by atoms with Crippen LogP contribution >= 0.6 is 0 Å². The summed E-state index contributed by atoms with van der Waals surface area (Å²) in [6, 6.07) is 10.6. The Kier molecular flexibility index (Phi) is 3.14. The third-order valence-corrected chi connectivity index (χ3v) is 2.28. The van der Waals surface area contributed by atoms with Gasteiger partial charge in [-0.3, -0.25) is 0 Å². The van der Waals surface area contributed by atoms with Crippen LogP contribution in [0.25, 0.3) is 0 Å². The first kappa shape index (κ1) is 11.3. The fourth-order valence-corrected chi connectivity index (χ4v) is 1.46. The fraction of sp³-hybridized carbons (Fsp3) is 0.0769. The first-order valence-corrected chi connectivity index (χ1v) is 5.11. The molecule has 0 fully saturated rings. The molecule has 0 saturated heterocycles. The van der Waals surface area contributed by atoms with E-state index in [1.807, 2.05) is 0 Å². The molecular formula is C13H12FNO2. The van der Waals surface area contributed by atoms with Crippen molar-refractivity contribution in [2.75, 3.05) is 5.73 Å². The Hall–Kier alpha value is -2.23. The number of aromatic hydroxyl groups is 1. The summed E-state index contributed by atoms with van der Waals surface area (Å²) in [5, 5.41) is 9.17. The van der Waals surface area contributed by atoms with Crippen LogP contribution in [-0.4, -0.2) is 5.11 Å². The SMILES string of the molecule is Nc1cc(O)ccc1OCc1cccc(F)c1. The molecule has 4 heteroatoms. The third kappa shape index (κ3) is 2.87. The lowest BCUT2D eigenvalue weighted by Gasteiger charge is -2.09. The second-order valence-corrected chi connectivity index (χ2v) is 3.64. The Balaban J connectivity index is 2.07. The summed E-state index contributed by atoms with van der Waals surface area (Å²) in [6.07, 6.45) is 0. The normalized spacial score (nSPS) is 10.2. The Labute approximate surface area is 98.3 Å². The molecule has 17 heavy (non-hydrogen) atoms. The highest BCUT2D eigenvalue weighted by molar-refractivity contribution is 5.55. The van der Waals surface area contributed by atoms with E-state index in [1.165, 1.54) is 24.3 Å². The lowest BCUT2D eigenvalue weighted by molar-refractivity contribution is 0.307. The molecule has 3 N–H and O–H groups in total. The van der Waals surface area contributed by atoms with Gasteiger partial charge in [0, 0.05) is 6.07 Å². The molecule has 2 aromatic carbocycles. The molecule has 2 aromatic rings. The molecule has 0 spiro atoms. The second kappa shape index (κ2) is 4.74. The topological polar surface area (TPSA) is 55.5 Å². The molecule has 2 rings (SSSR count). The van der Waals surface area contributed by atoms with E-state index in [4.69, 9.17) is 10.5 Å². The Morgan fingerprint density at radius 3 is 2.71 bits per heavy atom. The number of halogens is 1. The first-order valence-electron chi connectivity index (χ1n) is 5.11. The molecule has 3 nitrogen and oxygen atoms in total. The summed E-state index contributed by atoms with van der Waals surface area (Å²) in [5.41, 5.74) is 6.72. The largest absolute Gasteiger partial charge is 0.508 e. The van der Waals surface area contributed by atoms with Gasteiger partial charge in [0.2, 0.25) is 0 Å². The molecule has 0 aliphatic heterocycles. The van der Waals surface area contributed by atoms with Crippen LogP contribution in [-0.2, 0) is 6.61 Å². The zero-order valence-electron chi connectivity index (χ0n) is 9.06. The van der Waals surface area contributed by atoms with Gasteiger partial charge in [-0.25, -0.2) is 4.39 Å². The monoisotopic (exact) mass is 233 g/mol. The summed E-state index contributed by atoms with van der Waals surface area (Å²) >= 11 is 0. The van der Waals surface area contributed by atoms with Crippen molar-refractivity contribution in [1.82, 2.24) is 0 Å². The number of nitrogens with two attached hydrogens (primary N) is 1. The van der Waals surface area contributed by atoms with Gasteiger partial charge in [0.1, 0.15) is 23.9 Å². The molecular weight excluding hydrogens is 221 g/mol. The maximum atomic E-state index is 12.9. The van der Waals surface area contributed by atoms with Gasteiger partial charge in [0.05, 0.1) is 5.69 Å². The van der Waals surface area contributed by atoms with Crippen molar-refractivity contribution >= 4 is 5.69 Å². The molecule has 0 aromatic heterocycles. The molecule has 0 heterocycles. The van der Waals surface area contributed by atoms with Crippen molar-refractivity contribution in [3.8, 4) is 11.5 Å². The summed E-state index contributed by atoms with van der Waals surface area (Å²) in [4.78, 5) is 0. The molecule has 0 aliphatic carbocycles. The van der Waals surface area contributed by atoms with Gasteiger partial charge in [-0.05, 0) is 29.8 Å². The number of benzene rings is 2. The minimum atomic E-state index is -0.301. The average molecular weight is 233 g/mol. The molecule has 0 unspecified atom stereocenters. The number of hydrogen-bond acceptors (Lipinski definition) is 3. The lowest BCUT2D eigenvalue weighted by atomic mass is 10.2. The molecule has 0 atom stereocenters. The summed E-state index contributed by atoms with van der Waals surface area (Å²) in [6.45, 7) is 0.229. The second-order valence-electron chi connectivity index (χ2n) is 3.64. The molecule has 0 amide bonds. The number of phenols is 1.